The average Bonchev–Trinajstić information content (AvgIpc) is 2.19. The number of benzene rings is 1. The Morgan fingerprint density at radius 3 is 2.69 bits per heavy atom. The SMILES string of the molecule is Cc1ccc(NC(=S)NCC(C)C)c(Cl)c1. The van der Waals surface area contributed by atoms with Crippen molar-refractivity contribution in [1.82, 2.24) is 5.32 Å². The molecule has 0 unspecified atom stereocenters. The Bertz CT molecular complexity index is 377. The van der Waals surface area contributed by atoms with E-state index in [1.165, 1.54) is 0 Å². The Kier molecular flexibility index (Phi) is 5.03. The van der Waals surface area contributed by atoms with Crippen molar-refractivity contribution in [3.63, 3.8) is 0 Å². The zero-order valence-electron chi connectivity index (χ0n) is 9.80. The molecule has 1 aromatic rings. The number of aryl methyl sites for hydroxylation is 1. The zero-order valence-corrected chi connectivity index (χ0v) is 11.4. The van der Waals surface area contributed by atoms with Gasteiger partial charge >= 0.3 is 0 Å². The summed E-state index contributed by atoms with van der Waals surface area (Å²) in [5.74, 6) is 0.563. The Morgan fingerprint density at radius 1 is 1.44 bits per heavy atom. The Balaban J connectivity index is 2.56. The minimum absolute atomic E-state index is 0.563. The lowest BCUT2D eigenvalue weighted by molar-refractivity contribution is 0.627. The van der Waals surface area contributed by atoms with Gasteiger partial charge in [-0.3, -0.25) is 0 Å². The number of nitrogens with one attached hydrogen (secondary N) is 2. The first-order chi connectivity index (χ1) is 7.49. The van der Waals surface area contributed by atoms with E-state index in [0.717, 1.165) is 17.8 Å². The first-order valence-electron chi connectivity index (χ1n) is 5.30. The smallest absolute Gasteiger partial charge is 0.170 e. The minimum atomic E-state index is 0.563. The van der Waals surface area contributed by atoms with Crippen molar-refractivity contribution in [3.05, 3.63) is 28.8 Å². The van der Waals surface area contributed by atoms with Crippen LogP contribution in [0.4, 0.5) is 5.69 Å². The number of halogens is 1. The summed E-state index contributed by atoms with van der Waals surface area (Å²) in [6.07, 6.45) is 0. The molecule has 0 aliphatic carbocycles. The first-order valence-corrected chi connectivity index (χ1v) is 6.08. The molecule has 0 saturated carbocycles. The van der Waals surface area contributed by atoms with Crippen LogP contribution in [0, 0.1) is 12.8 Å². The van der Waals surface area contributed by atoms with Gasteiger partial charge in [0.05, 0.1) is 10.7 Å². The van der Waals surface area contributed by atoms with Crippen LogP contribution in [-0.2, 0) is 0 Å². The molecular weight excluding hydrogens is 240 g/mol. The quantitative estimate of drug-likeness (QED) is 0.809. The van der Waals surface area contributed by atoms with E-state index < -0.39 is 0 Å². The van der Waals surface area contributed by atoms with Crippen LogP contribution in [0.25, 0.3) is 0 Å². The lowest BCUT2D eigenvalue weighted by atomic mass is 10.2. The number of hydrogen-bond donors (Lipinski definition) is 2. The van der Waals surface area contributed by atoms with Gasteiger partial charge in [-0.25, -0.2) is 0 Å². The van der Waals surface area contributed by atoms with Crippen LogP contribution < -0.4 is 10.6 Å². The highest BCUT2D eigenvalue weighted by Crippen LogP contribution is 2.22. The Hall–Kier alpha value is -0.800. The van der Waals surface area contributed by atoms with Crippen LogP contribution in [0.15, 0.2) is 18.2 Å². The van der Waals surface area contributed by atoms with Gasteiger partial charge < -0.3 is 10.6 Å². The molecule has 0 radical (unpaired) electrons. The van der Waals surface area contributed by atoms with Crippen molar-refractivity contribution in [1.29, 1.82) is 0 Å². The molecule has 1 aromatic carbocycles. The van der Waals surface area contributed by atoms with E-state index in [4.69, 9.17) is 23.8 Å². The molecule has 0 heterocycles. The maximum atomic E-state index is 6.09. The van der Waals surface area contributed by atoms with Crippen LogP contribution in [0.2, 0.25) is 5.02 Å². The molecule has 2 nitrogen and oxygen atoms in total. The normalized spacial score (nSPS) is 10.3. The molecule has 0 amide bonds. The third-order valence-electron chi connectivity index (χ3n) is 2.04. The summed E-state index contributed by atoms with van der Waals surface area (Å²) in [5, 5.41) is 7.51. The fourth-order valence-electron chi connectivity index (χ4n) is 1.18. The van der Waals surface area contributed by atoms with Gasteiger partial charge in [-0.2, -0.15) is 0 Å². The summed E-state index contributed by atoms with van der Waals surface area (Å²) < 4.78 is 0. The van der Waals surface area contributed by atoms with E-state index in [9.17, 15) is 0 Å². The predicted octanol–water partition coefficient (Wildman–Crippen LogP) is 3.59. The maximum Gasteiger partial charge on any atom is 0.170 e. The molecule has 1 rings (SSSR count). The third kappa shape index (κ3) is 4.37. The molecule has 4 heteroatoms. The highest BCUT2D eigenvalue weighted by atomic mass is 35.5. The van der Waals surface area contributed by atoms with Gasteiger partial charge in [-0.15, -0.1) is 0 Å². The summed E-state index contributed by atoms with van der Waals surface area (Å²) in [4.78, 5) is 0. The largest absolute Gasteiger partial charge is 0.362 e. The molecule has 16 heavy (non-hydrogen) atoms. The van der Waals surface area contributed by atoms with Crippen molar-refractivity contribution >= 4 is 34.6 Å². The maximum absolute atomic E-state index is 6.09. The first kappa shape index (κ1) is 13.3. The molecule has 0 aliphatic rings. The summed E-state index contributed by atoms with van der Waals surface area (Å²) in [5.41, 5.74) is 1.98. The van der Waals surface area contributed by atoms with Gasteiger partial charge in [-0.05, 0) is 42.8 Å². The van der Waals surface area contributed by atoms with Crippen molar-refractivity contribution in [2.75, 3.05) is 11.9 Å². The van der Waals surface area contributed by atoms with E-state index >= 15 is 0 Å². The van der Waals surface area contributed by atoms with Crippen molar-refractivity contribution < 1.29 is 0 Å². The van der Waals surface area contributed by atoms with Gasteiger partial charge in [-0.1, -0.05) is 31.5 Å². The van der Waals surface area contributed by atoms with Crippen LogP contribution in [-0.4, -0.2) is 11.7 Å². The lowest BCUT2D eigenvalue weighted by Crippen LogP contribution is -2.31. The lowest BCUT2D eigenvalue weighted by Gasteiger charge is -2.13. The molecule has 0 bridgehead atoms. The van der Waals surface area contributed by atoms with Gasteiger partial charge in [0, 0.05) is 6.54 Å². The van der Waals surface area contributed by atoms with E-state index in [2.05, 4.69) is 24.5 Å². The number of rotatable bonds is 3. The van der Waals surface area contributed by atoms with E-state index in [1.807, 2.05) is 25.1 Å². The third-order valence-corrected chi connectivity index (χ3v) is 2.60. The van der Waals surface area contributed by atoms with Gasteiger partial charge in [0.2, 0.25) is 0 Å². The van der Waals surface area contributed by atoms with E-state index in [-0.39, 0.29) is 0 Å². The molecule has 0 atom stereocenters. The van der Waals surface area contributed by atoms with E-state index in [0.29, 0.717) is 16.1 Å². The zero-order chi connectivity index (χ0) is 12.1. The summed E-state index contributed by atoms with van der Waals surface area (Å²) in [7, 11) is 0. The van der Waals surface area contributed by atoms with Crippen LogP contribution >= 0.6 is 23.8 Å². The van der Waals surface area contributed by atoms with Crippen LogP contribution in [0.1, 0.15) is 19.4 Å². The number of thiocarbonyl (C=S) groups is 1. The second-order valence-electron chi connectivity index (χ2n) is 4.21. The van der Waals surface area contributed by atoms with Gasteiger partial charge in [0.15, 0.2) is 5.11 Å². The second-order valence-corrected chi connectivity index (χ2v) is 5.03. The molecule has 0 aliphatic heterocycles. The fourth-order valence-corrected chi connectivity index (χ4v) is 1.66. The highest BCUT2D eigenvalue weighted by Gasteiger charge is 2.03. The Morgan fingerprint density at radius 2 is 2.12 bits per heavy atom. The molecule has 0 fully saturated rings. The highest BCUT2D eigenvalue weighted by molar-refractivity contribution is 7.80. The molecule has 88 valence electrons. The molecule has 0 spiro atoms. The average molecular weight is 257 g/mol. The molecule has 0 saturated heterocycles. The van der Waals surface area contributed by atoms with E-state index in [1.54, 1.807) is 0 Å². The van der Waals surface area contributed by atoms with Gasteiger partial charge in [0.25, 0.3) is 0 Å². The summed E-state index contributed by atoms with van der Waals surface area (Å²) in [6.45, 7) is 7.13. The van der Waals surface area contributed by atoms with Crippen LogP contribution in [0.3, 0.4) is 0 Å². The standard InChI is InChI=1S/C12H17ClN2S/c1-8(2)7-14-12(16)15-11-5-4-9(3)6-10(11)13/h4-6,8H,7H2,1-3H3,(H2,14,15,16). The Labute approximate surface area is 107 Å². The van der Waals surface area contributed by atoms with Crippen molar-refractivity contribution in [2.24, 2.45) is 5.92 Å². The summed E-state index contributed by atoms with van der Waals surface area (Å²) in [6, 6.07) is 5.84. The van der Waals surface area contributed by atoms with Crippen molar-refractivity contribution in [3.8, 4) is 0 Å². The number of anilines is 1. The fraction of sp³-hybridized carbons (Fsp3) is 0.417. The van der Waals surface area contributed by atoms with Crippen LogP contribution in [0.5, 0.6) is 0 Å². The van der Waals surface area contributed by atoms with Gasteiger partial charge in [0.1, 0.15) is 0 Å². The topological polar surface area (TPSA) is 24.1 Å². The minimum Gasteiger partial charge on any atom is -0.362 e. The summed E-state index contributed by atoms with van der Waals surface area (Å²) >= 11 is 11.3. The predicted molar refractivity (Wildman–Crippen MR) is 75.3 cm³/mol. The molecular formula is C12H17ClN2S. The van der Waals surface area contributed by atoms with Crippen molar-refractivity contribution in [2.45, 2.75) is 20.8 Å². The monoisotopic (exact) mass is 256 g/mol. The number of hydrogen-bond acceptors (Lipinski definition) is 1. The molecule has 0 aromatic heterocycles. The molecule has 2 N–H and O–H groups in total. The second kappa shape index (κ2) is 6.06.